The Hall–Kier alpha value is -4.77. The Morgan fingerprint density at radius 2 is 1.06 bits per heavy atom. The van der Waals surface area contributed by atoms with Crippen LogP contribution in [0.15, 0.2) is 91.1 Å². The number of esters is 5. The van der Waals surface area contributed by atoms with Crippen molar-refractivity contribution < 1.29 is 52.4 Å². The molecular weight excluding hydrogens is 789 g/mol. The number of carbonyl (C=O) groups is 5. The van der Waals surface area contributed by atoms with Gasteiger partial charge in [-0.25, -0.2) is 24.0 Å². The number of ether oxygens (including phenoxy) is 6. The average molecular weight is 863 g/mol. The summed E-state index contributed by atoms with van der Waals surface area (Å²) >= 11 is 0. The summed E-state index contributed by atoms with van der Waals surface area (Å²) in [7, 11) is 0. The minimum atomic E-state index is -0.407. The number of para-hydroxylation sites is 1. The fourth-order valence-electron chi connectivity index (χ4n) is 7.97. The molecular formula is C51H74O11. The fourth-order valence-corrected chi connectivity index (χ4v) is 7.97. The molecule has 62 heavy (non-hydrogen) atoms. The van der Waals surface area contributed by atoms with Crippen LogP contribution in [0, 0.1) is 23.7 Å². The SMILES string of the molecule is C=C(C)C(=O)OC(C)(C)C.C=C(C)C(=O)OC1CC2CC1C1CCCC21.C=C(C)C(=O)OC1CCCCC1.C=C(C)C(=O)OC1COC(C)C1.C=C(C)C(=O)Oc1ccccc1. The number of rotatable bonds is 9. The van der Waals surface area contributed by atoms with Gasteiger partial charge in [0.1, 0.15) is 29.7 Å². The Morgan fingerprint density at radius 1 is 0.565 bits per heavy atom. The van der Waals surface area contributed by atoms with E-state index in [1.54, 1.807) is 58.9 Å². The third kappa shape index (κ3) is 19.5. The predicted octanol–water partition coefficient (Wildman–Crippen LogP) is 10.7. The van der Waals surface area contributed by atoms with Crippen molar-refractivity contribution in [1.82, 2.24) is 0 Å². The highest BCUT2D eigenvalue weighted by atomic mass is 16.6. The largest absolute Gasteiger partial charge is 0.459 e. The standard InChI is InChI=1S/C14H20O2.C10H16O2.C10H10O2.C9H14O3.C8H14O2/c1-8(2)14(15)16-13-7-9-6-12(13)11-5-3-4-10(9)11;2*1-8(2)10(11)12-9-6-4-3-5-7-9;1-6(2)9(10)12-8-4-7(3)11-5-8;1-6(2)7(9)10-8(3,4)5/h9-13H,1,3-7H2,2H3;9H,1,3-7H2,2H3;3-7H,1H2,2H3;7-8H,1,4-5H2,2-3H3;1H2,2-5H3. The third-order valence-electron chi connectivity index (χ3n) is 11.0. The molecule has 0 aromatic heterocycles. The monoisotopic (exact) mass is 863 g/mol. The Bertz CT molecular complexity index is 1700. The third-order valence-corrected chi connectivity index (χ3v) is 11.0. The van der Waals surface area contributed by atoms with Crippen molar-refractivity contribution in [1.29, 1.82) is 0 Å². The van der Waals surface area contributed by atoms with Gasteiger partial charge in [0.15, 0.2) is 0 Å². The van der Waals surface area contributed by atoms with E-state index >= 15 is 0 Å². The summed E-state index contributed by atoms with van der Waals surface area (Å²) in [6.45, 7) is 33.9. The van der Waals surface area contributed by atoms with Crippen LogP contribution in [0.1, 0.15) is 133 Å². The smallest absolute Gasteiger partial charge is 0.338 e. The molecule has 7 atom stereocenters. The van der Waals surface area contributed by atoms with Crippen LogP contribution in [-0.4, -0.2) is 66.5 Å². The lowest BCUT2D eigenvalue weighted by Crippen LogP contribution is -2.32. The van der Waals surface area contributed by atoms with Crippen LogP contribution in [0.5, 0.6) is 5.75 Å². The van der Waals surface area contributed by atoms with E-state index in [-0.39, 0.29) is 54.3 Å². The van der Waals surface area contributed by atoms with E-state index < -0.39 is 5.60 Å². The number of hydrogen-bond donors (Lipinski definition) is 0. The predicted molar refractivity (Wildman–Crippen MR) is 242 cm³/mol. The highest BCUT2D eigenvalue weighted by Crippen LogP contribution is 2.59. The molecule has 11 nitrogen and oxygen atoms in total. The van der Waals surface area contributed by atoms with Crippen LogP contribution < -0.4 is 4.74 Å². The normalized spacial score (nSPS) is 24.1. The molecule has 5 aliphatic rings. The zero-order valence-corrected chi connectivity index (χ0v) is 39.0. The minimum Gasteiger partial charge on any atom is -0.459 e. The second-order valence-corrected chi connectivity index (χ2v) is 18.3. The summed E-state index contributed by atoms with van der Waals surface area (Å²) in [6.07, 6.45) is 13.6. The first-order valence-electron chi connectivity index (χ1n) is 22.0. The van der Waals surface area contributed by atoms with E-state index in [0.29, 0.717) is 46.1 Å². The summed E-state index contributed by atoms with van der Waals surface area (Å²) in [5, 5.41) is 0. The molecule has 0 N–H and O–H groups in total. The first-order valence-corrected chi connectivity index (χ1v) is 22.0. The van der Waals surface area contributed by atoms with Crippen LogP contribution in [0.3, 0.4) is 0 Å². The number of hydrogen-bond acceptors (Lipinski definition) is 11. The summed E-state index contributed by atoms with van der Waals surface area (Å²) in [5.41, 5.74) is 1.91. The van der Waals surface area contributed by atoms with Gasteiger partial charge in [0.25, 0.3) is 0 Å². The first-order chi connectivity index (χ1) is 29.0. The van der Waals surface area contributed by atoms with Crippen LogP contribution >= 0.6 is 0 Å². The molecule has 1 aromatic rings. The molecule has 0 spiro atoms. The van der Waals surface area contributed by atoms with Crippen molar-refractivity contribution in [3.05, 3.63) is 91.1 Å². The maximum Gasteiger partial charge on any atom is 0.338 e. The van der Waals surface area contributed by atoms with Crippen LogP contribution in [0.4, 0.5) is 0 Å². The topological polar surface area (TPSA) is 141 Å². The summed E-state index contributed by atoms with van der Waals surface area (Å²) in [4.78, 5) is 55.5. The van der Waals surface area contributed by atoms with Gasteiger partial charge in [0, 0.05) is 34.3 Å². The van der Waals surface area contributed by atoms with E-state index in [0.717, 1.165) is 43.4 Å². The van der Waals surface area contributed by atoms with Gasteiger partial charge in [-0.05, 0) is 149 Å². The van der Waals surface area contributed by atoms with Crippen LogP contribution in [0.25, 0.3) is 0 Å². The molecule has 344 valence electrons. The van der Waals surface area contributed by atoms with Gasteiger partial charge < -0.3 is 28.4 Å². The van der Waals surface area contributed by atoms with Gasteiger partial charge in [-0.1, -0.05) is 63.9 Å². The molecule has 1 saturated heterocycles. The molecule has 1 aliphatic heterocycles. The molecule has 4 saturated carbocycles. The molecule has 0 amide bonds. The Kier molecular flexibility index (Phi) is 22.4. The fraction of sp³-hybridized carbons (Fsp3) is 0.588. The van der Waals surface area contributed by atoms with Crippen molar-refractivity contribution in [3.8, 4) is 5.75 Å². The van der Waals surface area contributed by atoms with Crippen LogP contribution in [-0.2, 0) is 47.7 Å². The zero-order chi connectivity index (χ0) is 46.7. The summed E-state index contributed by atoms with van der Waals surface area (Å²) < 4.78 is 31.0. The van der Waals surface area contributed by atoms with Gasteiger partial charge in [-0.15, -0.1) is 0 Å². The van der Waals surface area contributed by atoms with Gasteiger partial charge in [0.05, 0.1) is 12.7 Å². The molecule has 1 heterocycles. The van der Waals surface area contributed by atoms with E-state index in [4.69, 9.17) is 28.4 Å². The van der Waals surface area contributed by atoms with Crippen molar-refractivity contribution >= 4 is 29.8 Å². The maximum atomic E-state index is 11.5. The lowest BCUT2D eigenvalue weighted by Gasteiger charge is -2.31. The van der Waals surface area contributed by atoms with Gasteiger partial charge in [-0.2, -0.15) is 0 Å². The van der Waals surface area contributed by atoms with Crippen LogP contribution in [0.2, 0.25) is 0 Å². The highest BCUT2D eigenvalue weighted by molar-refractivity contribution is 5.89. The van der Waals surface area contributed by atoms with Gasteiger partial charge >= 0.3 is 29.8 Å². The lowest BCUT2D eigenvalue weighted by molar-refractivity contribution is -0.150. The molecule has 5 fully saturated rings. The molecule has 4 aliphatic carbocycles. The number of benzene rings is 1. The van der Waals surface area contributed by atoms with Crippen molar-refractivity contribution in [2.75, 3.05) is 6.61 Å². The van der Waals surface area contributed by atoms with E-state index in [1.807, 2.05) is 33.8 Å². The van der Waals surface area contributed by atoms with E-state index in [1.165, 1.54) is 44.9 Å². The highest BCUT2D eigenvalue weighted by Gasteiger charge is 2.55. The quantitative estimate of drug-likeness (QED) is 0.101. The Morgan fingerprint density at radius 3 is 1.53 bits per heavy atom. The summed E-state index contributed by atoms with van der Waals surface area (Å²) in [5.74, 6) is 2.43. The molecule has 11 heteroatoms. The number of carbonyl (C=O) groups excluding carboxylic acids is 5. The maximum absolute atomic E-state index is 11.5. The molecule has 1 aromatic carbocycles. The number of fused-ring (bicyclic) bond motifs is 5. The van der Waals surface area contributed by atoms with Gasteiger partial charge in [-0.3, -0.25) is 0 Å². The summed E-state index contributed by atoms with van der Waals surface area (Å²) in [6, 6.07) is 8.92. The van der Waals surface area contributed by atoms with Gasteiger partial charge in [0.2, 0.25) is 0 Å². The Labute approximate surface area is 371 Å². The zero-order valence-electron chi connectivity index (χ0n) is 39.0. The van der Waals surface area contributed by atoms with Crippen molar-refractivity contribution in [3.63, 3.8) is 0 Å². The average Bonchev–Trinajstić information content (AvgIpc) is 4.00. The molecule has 7 unspecified atom stereocenters. The Balaban J connectivity index is 0.000000270. The minimum absolute atomic E-state index is 0.0794. The van der Waals surface area contributed by atoms with E-state index in [9.17, 15) is 24.0 Å². The molecule has 2 bridgehead atoms. The molecule has 6 rings (SSSR count). The van der Waals surface area contributed by atoms with Crippen molar-refractivity contribution in [2.24, 2.45) is 23.7 Å². The molecule has 0 radical (unpaired) electrons. The van der Waals surface area contributed by atoms with E-state index in [2.05, 4.69) is 32.9 Å². The first kappa shape index (κ1) is 53.4. The second-order valence-electron chi connectivity index (χ2n) is 18.3. The second kappa shape index (κ2) is 26.0. The van der Waals surface area contributed by atoms with Crippen molar-refractivity contribution in [2.45, 2.75) is 163 Å². The lowest BCUT2D eigenvalue weighted by atomic mass is 9.80.